The summed E-state index contributed by atoms with van der Waals surface area (Å²) in [5.74, 6) is 0. The zero-order chi connectivity index (χ0) is 15.2. The summed E-state index contributed by atoms with van der Waals surface area (Å²) in [5.41, 5.74) is 8.83. The van der Waals surface area contributed by atoms with Gasteiger partial charge in [-0.3, -0.25) is 4.90 Å². The summed E-state index contributed by atoms with van der Waals surface area (Å²) in [5, 5.41) is 0.773. The maximum Gasteiger partial charge on any atom is 0.0406 e. The molecule has 0 aliphatic carbocycles. The Hall–Kier alpha value is -1.35. The first-order valence-corrected chi connectivity index (χ1v) is 7.69. The Labute approximate surface area is 132 Å². The average molecular weight is 303 g/mol. The maximum absolute atomic E-state index is 6.28. The molecule has 0 saturated carbocycles. The molecule has 0 aliphatic rings. The van der Waals surface area contributed by atoms with Gasteiger partial charge in [0.25, 0.3) is 0 Å². The Morgan fingerprint density at radius 1 is 1.05 bits per heavy atom. The maximum atomic E-state index is 6.28. The van der Waals surface area contributed by atoms with Crippen molar-refractivity contribution in [1.29, 1.82) is 0 Å². The second-order valence-corrected chi connectivity index (χ2v) is 6.05. The summed E-state index contributed by atoms with van der Waals surface area (Å²) in [6.45, 7) is 3.05. The zero-order valence-electron chi connectivity index (χ0n) is 12.7. The van der Waals surface area contributed by atoms with Crippen LogP contribution in [0.3, 0.4) is 0 Å². The lowest BCUT2D eigenvalue weighted by molar-refractivity contribution is 0.244. The minimum Gasteiger partial charge on any atom is -0.326 e. The number of halogens is 1. The molecule has 2 rings (SSSR count). The van der Waals surface area contributed by atoms with E-state index in [0.717, 1.165) is 18.0 Å². The van der Waals surface area contributed by atoms with Crippen LogP contribution >= 0.6 is 11.6 Å². The molecule has 0 bridgehead atoms. The molecule has 0 radical (unpaired) electrons. The smallest absolute Gasteiger partial charge is 0.0406 e. The van der Waals surface area contributed by atoms with Crippen LogP contribution in [0.2, 0.25) is 5.02 Å². The van der Waals surface area contributed by atoms with Gasteiger partial charge in [-0.15, -0.1) is 0 Å². The molecule has 2 nitrogen and oxygen atoms in total. The van der Waals surface area contributed by atoms with Crippen LogP contribution in [0.25, 0.3) is 0 Å². The van der Waals surface area contributed by atoms with E-state index >= 15 is 0 Å². The van der Waals surface area contributed by atoms with Gasteiger partial charge < -0.3 is 5.73 Å². The fourth-order valence-electron chi connectivity index (χ4n) is 2.51. The van der Waals surface area contributed by atoms with E-state index in [0.29, 0.717) is 6.04 Å². The molecule has 0 amide bonds. The van der Waals surface area contributed by atoms with E-state index in [4.69, 9.17) is 17.3 Å². The zero-order valence-corrected chi connectivity index (χ0v) is 13.4. The molecule has 112 valence electrons. The summed E-state index contributed by atoms with van der Waals surface area (Å²) < 4.78 is 0. The molecule has 2 aromatic carbocycles. The number of nitrogens with zero attached hydrogens (tertiary/aromatic N) is 1. The van der Waals surface area contributed by atoms with Crippen LogP contribution < -0.4 is 5.73 Å². The normalized spacial score (nSPS) is 14.1. The molecule has 2 N–H and O–H groups in total. The fraction of sp³-hybridized carbons (Fsp3) is 0.333. The van der Waals surface area contributed by atoms with Gasteiger partial charge in [0.2, 0.25) is 0 Å². The van der Waals surface area contributed by atoms with Crippen molar-refractivity contribution in [2.24, 2.45) is 5.73 Å². The summed E-state index contributed by atoms with van der Waals surface area (Å²) in [7, 11) is 2.12. The topological polar surface area (TPSA) is 29.3 Å². The molecule has 0 heterocycles. The van der Waals surface area contributed by atoms with Gasteiger partial charge in [0.1, 0.15) is 0 Å². The molecule has 2 aromatic rings. The predicted molar refractivity (Wildman–Crippen MR) is 90.6 cm³/mol. The van der Waals surface area contributed by atoms with Crippen LogP contribution in [0, 0.1) is 0 Å². The number of rotatable bonds is 6. The molecule has 0 fully saturated rings. The lowest BCUT2D eigenvalue weighted by Crippen LogP contribution is -2.38. The Bertz CT molecular complexity index is 539. The molecule has 3 heteroatoms. The summed E-state index contributed by atoms with van der Waals surface area (Å²) in [6.07, 6.45) is 0.901. The predicted octanol–water partition coefficient (Wildman–Crippen LogP) is 3.90. The minimum atomic E-state index is 0.132. The lowest BCUT2D eigenvalue weighted by Gasteiger charge is -2.28. The van der Waals surface area contributed by atoms with Gasteiger partial charge >= 0.3 is 0 Å². The van der Waals surface area contributed by atoms with Crippen LogP contribution in [-0.4, -0.2) is 24.5 Å². The molecular formula is C18H23ClN2. The molecule has 2 atom stereocenters. The molecular weight excluding hydrogens is 280 g/mol. The Kier molecular flexibility index (Phi) is 5.80. The number of benzene rings is 2. The van der Waals surface area contributed by atoms with Gasteiger partial charge in [0.05, 0.1) is 0 Å². The Balaban J connectivity index is 1.91. The van der Waals surface area contributed by atoms with Crippen LogP contribution in [0.15, 0.2) is 54.6 Å². The number of nitrogens with two attached hydrogens (primary N) is 1. The van der Waals surface area contributed by atoms with Gasteiger partial charge in [-0.2, -0.15) is 0 Å². The first kappa shape index (κ1) is 16.0. The first-order valence-electron chi connectivity index (χ1n) is 7.31. The van der Waals surface area contributed by atoms with Crippen molar-refractivity contribution in [3.05, 3.63) is 70.7 Å². The highest BCUT2D eigenvalue weighted by atomic mass is 35.5. The van der Waals surface area contributed by atoms with Crippen LogP contribution in [0.5, 0.6) is 0 Å². The van der Waals surface area contributed by atoms with Crippen LogP contribution in [0.4, 0.5) is 0 Å². The summed E-state index contributed by atoms with van der Waals surface area (Å²) >= 11 is 5.94. The van der Waals surface area contributed by atoms with Gasteiger partial charge in [-0.25, -0.2) is 0 Å². The first-order chi connectivity index (χ1) is 10.1. The second-order valence-electron chi connectivity index (χ2n) is 5.62. The van der Waals surface area contributed by atoms with Crippen molar-refractivity contribution in [3.63, 3.8) is 0 Å². The molecule has 21 heavy (non-hydrogen) atoms. The highest BCUT2D eigenvalue weighted by Crippen LogP contribution is 2.21. The molecule has 0 aromatic heterocycles. The average Bonchev–Trinajstić information content (AvgIpc) is 2.48. The Morgan fingerprint density at radius 2 is 1.67 bits per heavy atom. The Morgan fingerprint density at radius 3 is 2.29 bits per heavy atom. The van der Waals surface area contributed by atoms with E-state index in [1.54, 1.807) is 0 Å². The number of likely N-dealkylation sites (N-methyl/N-ethyl adjacent to an activating group) is 1. The van der Waals surface area contributed by atoms with E-state index in [2.05, 4.69) is 55.3 Å². The van der Waals surface area contributed by atoms with Crippen molar-refractivity contribution in [2.75, 3.05) is 13.6 Å². The number of hydrogen-bond acceptors (Lipinski definition) is 2. The quantitative estimate of drug-likeness (QED) is 0.877. The minimum absolute atomic E-state index is 0.132. The fourth-order valence-corrected chi connectivity index (χ4v) is 2.63. The third-order valence-corrected chi connectivity index (χ3v) is 4.13. The van der Waals surface area contributed by atoms with Crippen molar-refractivity contribution in [2.45, 2.75) is 25.4 Å². The second kappa shape index (κ2) is 7.60. The van der Waals surface area contributed by atoms with Crippen molar-refractivity contribution >= 4 is 11.6 Å². The van der Waals surface area contributed by atoms with Gasteiger partial charge in [-0.05, 0) is 43.7 Å². The molecule has 2 unspecified atom stereocenters. The van der Waals surface area contributed by atoms with Gasteiger partial charge in [0, 0.05) is 23.7 Å². The van der Waals surface area contributed by atoms with E-state index in [1.807, 2.05) is 18.2 Å². The number of hydrogen-bond donors (Lipinski definition) is 1. The van der Waals surface area contributed by atoms with Crippen molar-refractivity contribution < 1.29 is 0 Å². The molecule has 0 aliphatic heterocycles. The molecule has 0 spiro atoms. The van der Waals surface area contributed by atoms with Crippen LogP contribution in [-0.2, 0) is 6.42 Å². The summed E-state index contributed by atoms with van der Waals surface area (Å²) in [4.78, 5) is 2.29. The standard InChI is InChI=1S/C18H23ClN2/c1-14(16-8-10-17(19)11-9-16)21(2)13-18(20)12-15-6-4-3-5-7-15/h3-11,14,18H,12-13,20H2,1-2H3. The monoisotopic (exact) mass is 302 g/mol. The summed E-state index contributed by atoms with van der Waals surface area (Å²) in [6, 6.07) is 18.9. The van der Waals surface area contributed by atoms with E-state index in [-0.39, 0.29) is 6.04 Å². The SMILES string of the molecule is CC(c1ccc(Cl)cc1)N(C)CC(N)Cc1ccccc1. The van der Waals surface area contributed by atoms with Gasteiger partial charge in [-0.1, -0.05) is 54.1 Å². The third kappa shape index (κ3) is 4.85. The van der Waals surface area contributed by atoms with E-state index < -0.39 is 0 Å². The third-order valence-electron chi connectivity index (χ3n) is 3.88. The van der Waals surface area contributed by atoms with E-state index in [1.165, 1.54) is 11.1 Å². The highest BCUT2D eigenvalue weighted by Gasteiger charge is 2.15. The van der Waals surface area contributed by atoms with Crippen LogP contribution in [0.1, 0.15) is 24.1 Å². The van der Waals surface area contributed by atoms with Gasteiger partial charge in [0.15, 0.2) is 0 Å². The van der Waals surface area contributed by atoms with Crippen molar-refractivity contribution in [3.8, 4) is 0 Å². The van der Waals surface area contributed by atoms with Crippen molar-refractivity contribution in [1.82, 2.24) is 4.90 Å². The largest absolute Gasteiger partial charge is 0.326 e. The lowest BCUT2D eigenvalue weighted by atomic mass is 10.0. The molecule has 0 saturated heterocycles. The highest BCUT2D eigenvalue weighted by molar-refractivity contribution is 6.30. The van der Waals surface area contributed by atoms with E-state index in [9.17, 15) is 0 Å².